The van der Waals surface area contributed by atoms with Crippen LogP contribution in [0.4, 0.5) is 5.69 Å². The summed E-state index contributed by atoms with van der Waals surface area (Å²) in [6.45, 7) is 2.20. The molecule has 2 aromatic rings. The molecule has 0 saturated carbocycles. The van der Waals surface area contributed by atoms with E-state index in [-0.39, 0.29) is 11.8 Å². The number of carbonyl (C=O) groups excluding carboxylic acids is 2. The van der Waals surface area contributed by atoms with E-state index in [9.17, 15) is 9.59 Å². The number of hydrogen-bond acceptors (Lipinski definition) is 4. The van der Waals surface area contributed by atoms with E-state index in [1.54, 1.807) is 30.5 Å². The molecule has 1 fully saturated rings. The molecule has 2 heterocycles. The van der Waals surface area contributed by atoms with Crippen molar-refractivity contribution < 1.29 is 9.59 Å². The van der Waals surface area contributed by atoms with E-state index in [1.807, 2.05) is 12.1 Å². The zero-order valence-corrected chi connectivity index (χ0v) is 13.2. The fourth-order valence-electron chi connectivity index (χ4n) is 3.15. The van der Waals surface area contributed by atoms with Gasteiger partial charge in [-0.3, -0.25) is 9.59 Å². The van der Waals surface area contributed by atoms with E-state index in [0.717, 1.165) is 23.7 Å². The molecule has 2 aromatic carbocycles. The summed E-state index contributed by atoms with van der Waals surface area (Å²) in [5, 5.41) is 5.02. The van der Waals surface area contributed by atoms with Crippen LogP contribution in [0.2, 0.25) is 0 Å². The average Bonchev–Trinajstić information content (AvgIpc) is 3.23. The molecule has 0 aliphatic carbocycles. The van der Waals surface area contributed by atoms with Crippen LogP contribution in [0.25, 0.3) is 0 Å². The Morgan fingerprint density at radius 3 is 2.00 bits per heavy atom. The topological polar surface area (TPSA) is 53.0 Å². The number of benzene rings is 2. The van der Waals surface area contributed by atoms with E-state index in [0.29, 0.717) is 11.1 Å². The molecule has 5 nitrogen and oxygen atoms in total. The number of fused-ring (bicyclic) bond motifs is 1. The molecule has 0 atom stereocenters. The summed E-state index contributed by atoms with van der Waals surface area (Å²) in [5.74, 6) is -0.749. The molecule has 0 radical (unpaired) electrons. The summed E-state index contributed by atoms with van der Waals surface area (Å²) in [5.41, 5.74) is 2.87. The third-order valence-corrected chi connectivity index (χ3v) is 4.46. The molecular weight excluding hydrogens is 302 g/mol. The number of carbonyl (C=O) groups is 2. The summed E-state index contributed by atoms with van der Waals surface area (Å²) in [6, 6.07) is 14.8. The van der Waals surface area contributed by atoms with Crippen molar-refractivity contribution in [2.75, 3.05) is 18.0 Å². The van der Waals surface area contributed by atoms with Crippen molar-refractivity contribution in [3.63, 3.8) is 0 Å². The zero-order chi connectivity index (χ0) is 16.5. The van der Waals surface area contributed by atoms with Gasteiger partial charge in [0.2, 0.25) is 0 Å². The highest BCUT2D eigenvalue weighted by Crippen LogP contribution is 2.23. The first-order valence-electron chi connectivity index (χ1n) is 8.11. The largest absolute Gasteiger partial charge is 0.372 e. The molecule has 2 amide bonds. The monoisotopic (exact) mass is 319 g/mol. The predicted octanol–water partition coefficient (Wildman–Crippen LogP) is 2.92. The van der Waals surface area contributed by atoms with Crippen molar-refractivity contribution in [1.82, 2.24) is 5.01 Å². The van der Waals surface area contributed by atoms with Gasteiger partial charge in [-0.25, -0.2) is 0 Å². The van der Waals surface area contributed by atoms with Crippen LogP contribution in [0.5, 0.6) is 0 Å². The Hall–Kier alpha value is -2.95. The molecule has 0 bridgehead atoms. The van der Waals surface area contributed by atoms with Gasteiger partial charge in [0.15, 0.2) is 0 Å². The fraction of sp³-hybridized carbons (Fsp3) is 0.211. The predicted molar refractivity (Wildman–Crippen MR) is 92.4 cm³/mol. The average molecular weight is 319 g/mol. The van der Waals surface area contributed by atoms with Crippen molar-refractivity contribution in [2.24, 2.45) is 5.10 Å². The summed E-state index contributed by atoms with van der Waals surface area (Å²) < 4.78 is 0. The molecule has 0 spiro atoms. The lowest BCUT2D eigenvalue weighted by Gasteiger charge is -2.17. The molecule has 2 aliphatic heterocycles. The first kappa shape index (κ1) is 14.6. The molecule has 0 N–H and O–H groups in total. The van der Waals surface area contributed by atoms with Crippen molar-refractivity contribution in [3.05, 3.63) is 65.2 Å². The minimum absolute atomic E-state index is 0.375. The highest BCUT2D eigenvalue weighted by atomic mass is 16.2. The van der Waals surface area contributed by atoms with Crippen LogP contribution in [0, 0.1) is 0 Å². The van der Waals surface area contributed by atoms with E-state index in [2.05, 4.69) is 22.1 Å². The normalized spacial score (nSPS) is 17.2. The summed E-state index contributed by atoms with van der Waals surface area (Å²) in [6.07, 6.45) is 4.03. The molecule has 0 unspecified atom stereocenters. The number of anilines is 1. The van der Waals surface area contributed by atoms with Crippen LogP contribution in [0.15, 0.2) is 53.6 Å². The number of nitrogens with zero attached hydrogens (tertiary/aromatic N) is 3. The minimum atomic E-state index is -0.375. The number of hydrogen-bond donors (Lipinski definition) is 0. The highest BCUT2D eigenvalue weighted by Gasteiger charge is 2.35. The summed E-state index contributed by atoms with van der Waals surface area (Å²) in [7, 11) is 0. The number of imide groups is 1. The van der Waals surface area contributed by atoms with Gasteiger partial charge in [0.1, 0.15) is 0 Å². The third-order valence-electron chi connectivity index (χ3n) is 4.46. The van der Waals surface area contributed by atoms with Gasteiger partial charge in [-0.2, -0.15) is 10.1 Å². The van der Waals surface area contributed by atoms with Gasteiger partial charge in [0, 0.05) is 18.8 Å². The van der Waals surface area contributed by atoms with Crippen molar-refractivity contribution >= 4 is 23.7 Å². The maximum atomic E-state index is 12.2. The molecule has 5 heteroatoms. The zero-order valence-electron chi connectivity index (χ0n) is 13.2. The molecule has 120 valence electrons. The Morgan fingerprint density at radius 2 is 1.42 bits per heavy atom. The van der Waals surface area contributed by atoms with Gasteiger partial charge in [-0.05, 0) is 42.7 Å². The quantitative estimate of drug-likeness (QED) is 0.646. The lowest BCUT2D eigenvalue weighted by Crippen LogP contribution is -2.24. The van der Waals surface area contributed by atoms with Gasteiger partial charge < -0.3 is 4.90 Å². The maximum Gasteiger partial charge on any atom is 0.282 e. The second kappa shape index (κ2) is 5.92. The molecule has 4 rings (SSSR count). The van der Waals surface area contributed by atoms with Crippen LogP contribution >= 0.6 is 0 Å². The van der Waals surface area contributed by atoms with Gasteiger partial charge in [-0.15, -0.1) is 0 Å². The van der Waals surface area contributed by atoms with Crippen molar-refractivity contribution in [3.8, 4) is 0 Å². The number of hydrazone groups is 1. The molecule has 1 saturated heterocycles. The van der Waals surface area contributed by atoms with Crippen molar-refractivity contribution in [1.29, 1.82) is 0 Å². The standard InChI is InChI=1S/C19H17N3O2/c23-18-16-5-1-2-6-17(16)19(24)22(18)20-13-14-7-9-15(10-8-14)21-11-3-4-12-21/h1-2,5-10,13H,3-4,11-12H2/b20-13-. The third kappa shape index (κ3) is 2.48. The number of rotatable bonds is 3. The fourth-order valence-corrected chi connectivity index (χ4v) is 3.15. The Bertz CT molecular complexity index is 786. The SMILES string of the molecule is O=C1c2ccccc2C(=O)N1/N=C\c1ccc(N2CCCC2)cc1. The lowest BCUT2D eigenvalue weighted by atomic mass is 10.1. The van der Waals surface area contributed by atoms with Gasteiger partial charge >= 0.3 is 0 Å². The second-order valence-electron chi connectivity index (χ2n) is 6.00. The van der Waals surface area contributed by atoms with Gasteiger partial charge in [0.25, 0.3) is 11.8 Å². The maximum absolute atomic E-state index is 12.2. The molecule has 24 heavy (non-hydrogen) atoms. The Balaban J connectivity index is 1.51. The van der Waals surface area contributed by atoms with Crippen LogP contribution in [-0.2, 0) is 0 Å². The van der Waals surface area contributed by atoms with Crippen molar-refractivity contribution in [2.45, 2.75) is 12.8 Å². The highest BCUT2D eigenvalue weighted by molar-refractivity contribution is 6.21. The van der Waals surface area contributed by atoms with E-state index >= 15 is 0 Å². The van der Waals surface area contributed by atoms with Gasteiger partial charge in [0.05, 0.1) is 17.3 Å². The van der Waals surface area contributed by atoms with E-state index in [1.165, 1.54) is 18.5 Å². The van der Waals surface area contributed by atoms with Crippen LogP contribution < -0.4 is 4.90 Å². The summed E-state index contributed by atoms with van der Waals surface area (Å²) >= 11 is 0. The molecule has 0 aromatic heterocycles. The van der Waals surface area contributed by atoms with E-state index in [4.69, 9.17) is 0 Å². The van der Waals surface area contributed by atoms with Crippen LogP contribution in [-0.4, -0.2) is 36.1 Å². The molecule has 2 aliphatic rings. The van der Waals surface area contributed by atoms with Crippen LogP contribution in [0.3, 0.4) is 0 Å². The Morgan fingerprint density at radius 1 is 0.833 bits per heavy atom. The summed E-state index contributed by atoms with van der Waals surface area (Å²) in [4.78, 5) is 26.8. The first-order valence-corrected chi connectivity index (χ1v) is 8.11. The smallest absolute Gasteiger partial charge is 0.282 e. The van der Waals surface area contributed by atoms with Gasteiger partial charge in [-0.1, -0.05) is 24.3 Å². The minimum Gasteiger partial charge on any atom is -0.372 e. The lowest BCUT2D eigenvalue weighted by molar-refractivity contribution is 0.0660. The molecular formula is C19H17N3O2. The first-order chi connectivity index (χ1) is 11.7. The number of amides is 2. The second-order valence-corrected chi connectivity index (χ2v) is 6.00. The van der Waals surface area contributed by atoms with E-state index < -0.39 is 0 Å². The Kier molecular flexibility index (Phi) is 3.61. The van der Waals surface area contributed by atoms with Crippen LogP contribution in [0.1, 0.15) is 39.1 Å². The Labute approximate surface area is 140 Å².